The number of phenolic OH excluding ortho intramolecular Hbond substituents is 1. The van der Waals surface area contributed by atoms with Crippen molar-refractivity contribution in [2.75, 3.05) is 6.61 Å². The van der Waals surface area contributed by atoms with Crippen molar-refractivity contribution < 1.29 is 19.7 Å². The molecule has 0 aliphatic rings. The van der Waals surface area contributed by atoms with Gasteiger partial charge in [-0.3, -0.25) is 4.90 Å². The number of rotatable bonds is 5. The number of nitrogens with zero attached hydrogens (tertiary/aromatic N) is 1. The number of aliphatic hydroxyl groups excluding tert-OH is 1. The van der Waals surface area contributed by atoms with Crippen molar-refractivity contribution in [2.45, 2.75) is 52.3 Å². The van der Waals surface area contributed by atoms with Crippen LogP contribution in [0.3, 0.4) is 0 Å². The molecule has 0 saturated carbocycles. The van der Waals surface area contributed by atoms with Gasteiger partial charge in [0.15, 0.2) is 0 Å². The lowest BCUT2D eigenvalue weighted by atomic mass is 10.1. The van der Waals surface area contributed by atoms with Crippen molar-refractivity contribution in [3.63, 3.8) is 0 Å². The topological polar surface area (TPSA) is 70.0 Å². The van der Waals surface area contributed by atoms with E-state index in [2.05, 4.69) is 0 Å². The Morgan fingerprint density at radius 3 is 2.43 bits per heavy atom. The van der Waals surface area contributed by atoms with Crippen LogP contribution in [0.4, 0.5) is 4.79 Å². The van der Waals surface area contributed by atoms with Crippen molar-refractivity contribution in [2.24, 2.45) is 0 Å². The van der Waals surface area contributed by atoms with Gasteiger partial charge in [-0.15, -0.1) is 0 Å². The molecule has 1 aromatic carbocycles. The summed E-state index contributed by atoms with van der Waals surface area (Å²) in [5, 5.41) is 19.3. The Morgan fingerprint density at radius 2 is 1.95 bits per heavy atom. The van der Waals surface area contributed by atoms with E-state index in [4.69, 9.17) is 4.74 Å². The third-order valence-electron chi connectivity index (χ3n) is 3.08. The summed E-state index contributed by atoms with van der Waals surface area (Å²) in [6.45, 7) is 7.32. The molecule has 0 saturated heterocycles. The molecule has 0 aliphatic carbocycles. The van der Waals surface area contributed by atoms with Crippen LogP contribution >= 0.6 is 0 Å². The molecule has 1 unspecified atom stereocenters. The highest BCUT2D eigenvalue weighted by Crippen LogP contribution is 2.21. The van der Waals surface area contributed by atoms with Gasteiger partial charge in [0.2, 0.25) is 0 Å². The molecule has 0 aliphatic heterocycles. The first kappa shape index (κ1) is 17.3. The van der Waals surface area contributed by atoms with E-state index in [0.717, 1.165) is 0 Å². The number of carbonyl (C=O) groups excluding carboxylic acids is 1. The van der Waals surface area contributed by atoms with Gasteiger partial charge in [0, 0.05) is 5.56 Å². The second-order valence-electron chi connectivity index (χ2n) is 5.98. The van der Waals surface area contributed by atoms with E-state index in [0.29, 0.717) is 12.0 Å². The van der Waals surface area contributed by atoms with Crippen LogP contribution in [0.2, 0.25) is 0 Å². The molecule has 0 spiro atoms. The van der Waals surface area contributed by atoms with Gasteiger partial charge in [0.25, 0.3) is 0 Å². The predicted molar refractivity (Wildman–Crippen MR) is 81.0 cm³/mol. The number of para-hydroxylation sites is 1. The molecule has 2 N–H and O–H groups in total. The lowest BCUT2D eigenvalue weighted by molar-refractivity contribution is 0.00627. The highest BCUT2D eigenvalue weighted by Gasteiger charge is 2.27. The minimum Gasteiger partial charge on any atom is -0.508 e. The SMILES string of the molecule is CCC(CO)N(Cc1ccccc1O)C(=O)OC(C)(C)C. The summed E-state index contributed by atoms with van der Waals surface area (Å²) in [6, 6.07) is 6.49. The fourth-order valence-corrected chi connectivity index (χ4v) is 1.94. The molecule has 0 aromatic heterocycles. The van der Waals surface area contributed by atoms with E-state index < -0.39 is 11.7 Å². The van der Waals surface area contributed by atoms with E-state index in [1.165, 1.54) is 4.90 Å². The smallest absolute Gasteiger partial charge is 0.410 e. The molecule has 0 heterocycles. The van der Waals surface area contributed by atoms with Crippen molar-refractivity contribution >= 4 is 6.09 Å². The Bertz CT molecular complexity index is 464. The van der Waals surface area contributed by atoms with E-state index in [9.17, 15) is 15.0 Å². The molecule has 1 rings (SSSR count). The number of phenols is 1. The number of hydrogen-bond donors (Lipinski definition) is 2. The molecule has 1 amide bonds. The standard InChI is InChI=1S/C16H25NO4/c1-5-13(11-18)17(15(20)21-16(2,3)4)10-12-8-6-7-9-14(12)19/h6-9,13,18-19H,5,10-11H2,1-4H3. The summed E-state index contributed by atoms with van der Waals surface area (Å²) in [5.74, 6) is 0.124. The van der Waals surface area contributed by atoms with Crippen LogP contribution in [0.25, 0.3) is 0 Å². The molecule has 1 aromatic rings. The molecule has 5 nitrogen and oxygen atoms in total. The summed E-state index contributed by atoms with van der Waals surface area (Å²) in [5.41, 5.74) is 0.0113. The molecular formula is C16H25NO4. The van der Waals surface area contributed by atoms with E-state index >= 15 is 0 Å². The Morgan fingerprint density at radius 1 is 1.33 bits per heavy atom. The number of benzene rings is 1. The third kappa shape index (κ3) is 5.27. The second-order valence-corrected chi connectivity index (χ2v) is 5.98. The maximum atomic E-state index is 12.3. The van der Waals surface area contributed by atoms with Gasteiger partial charge < -0.3 is 14.9 Å². The number of aliphatic hydroxyl groups is 1. The van der Waals surface area contributed by atoms with E-state index in [-0.39, 0.29) is 24.9 Å². The van der Waals surface area contributed by atoms with Crippen molar-refractivity contribution in [1.82, 2.24) is 4.90 Å². The maximum absolute atomic E-state index is 12.3. The molecule has 118 valence electrons. The van der Waals surface area contributed by atoms with Gasteiger partial charge in [-0.1, -0.05) is 25.1 Å². The first-order chi connectivity index (χ1) is 9.78. The molecule has 0 bridgehead atoms. The monoisotopic (exact) mass is 295 g/mol. The first-order valence-corrected chi connectivity index (χ1v) is 7.15. The van der Waals surface area contributed by atoms with E-state index in [1.54, 1.807) is 45.0 Å². The Kier molecular flexibility index (Phi) is 6.03. The van der Waals surface area contributed by atoms with Crippen molar-refractivity contribution in [3.05, 3.63) is 29.8 Å². The zero-order chi connectivity index (χ0) is 16.0. The summed E-state index contributed by atoms with van der Waals surface area (Å²) < 4.78 is 5.39. The highest BCUT2D eigenvalue weighted by atomic mass is 16.6. The van der Waals surface area contributed by atoms with Crippen LogP contribution in [0.15, 0.2) is 24.3 Å². The van der Waals surface area contributed by atoms with Gasteiger partial charge >= 0.3 is 6.09 Å². The zero-order valence-corrected chi connectivity index (χ0v) is 13.2. The molecule has 21 heavy (non-hydrogen) atoms. The molecule has 5 heteroatoms. The largest absolute Gasteiger partial charge is 0.508 e. The maximum Gasteiger partial charge on any atom is 0.410 e. The minimum atomic E-state index is -0.609. The lowest BCUT2D eigenvalue weighted by Crippen LogP contribution is -2.44. The van der Waals surface area contributed by atoms with Gasteiger partial charge in [-0.25, -0.2) is 4.79 Å². The summed E-state index contributed by atoms with van der Waals surface area (Å²) >= 11 is 0. The number of carbonyl (C=O) groups is 1. The fourth-order valence-electron chi connectivity index (χ4n) is 1.94. The van der Waals surface area contributed by atoms with Crippen LogP contribution < -0.4 is 0 Å². The molecule has 1 atom stereocenters. The van der Waals surface area contributed by atoms with Crippen LogP contribution in [0.1, 0.15) is 39.7 Å². The van der Waals surface area contributed by atoms with Crippen LogP contribution in [-0.2, 0) is 11.3 Å². The second kappa shape index (κ2) is 7.31. The molecule has 0 radical (unpaired) electrons. The highest BCUT2D eigenvalue weighted by molar-refractivity contribution is 5.68. The van der Waals surface area contributed by atoms with Gasteiger partial charge in [-0.05, 0) is 33.3 Å². The van der Waals surface area contributed by atoms with Gasteiger partial charge in [0.1, 0.15) is 11.4 Å². The van der Waals surface area contributed by atoms with Crippen LogP contribution in [0, 0.1) is 0 Å². The zero-order valence-electron chi connectivity index (χ0n) is 13.2. The summed E-state index contributed by atoms with van der Waals surface area (Å²) in [7, 11) is 0. The Balaban J connectivity index is 2.97. The predicted octanol–water partition coefficient (Wildman–Crippen LogP) is 2.90. The quantitative estimate of drug-likeness (QED) is 0.876. The number of hydrogen-bond acceptors (Lipinski definition) is 4. The van der Waals surface area contributed by atoms with Crippen LogP contribution in [-0.4, -0.2) is 39.5 Å². The normalized spacial score (nSPS) is 12.8. The minimum absolute atomic E-state index is 0.124. The third-order valence-corrected chi connectivity index (χ3v) is 3.08. The number of amides is 1. The van der Waals surface area contributed by atoms with Gasteiger partial charge in [-0.2, -0.15) is 0 Å². The van der Waals surface area contributed by atoms with Crippen molar-refractivity contribution in [1.29, 1.82) is 0 Å². The Labute approximate surface area is 126 Å². The number of ether oxygens (including phenoxy) is 1. The Hall–Kier alpha value is -1.75. The molecular weight excluding hydrogens is 270 g/mol. The van der Waals surface area contributed by atoms with Crippen LogP contribution in [0.5, 0.6) is 5.75 Å². The van der Waals surface area contributed by atoms with E-state index in [1.807, 2.05) is 6.92 Å². The van der Waals surface area contributed by atoms with Crippen molar-refractivity contribution in [3.8, 4) is 5.75 Å². The average Bonchev–Trinajstić information content (AvgIpc) is 2.39. The number of aromatic hydroxyl groups is 1. The fraction of sp³-hybridized carbons (Fsp3) is 0.562. The lowest BCUT2D eigenvalue weighted by Gasteiger charge is -2.32. The average molecular weight is 295 g/mol. The summed E-state index contributed by atoms with van der Waals surface area (Å²) in [4.78, 5) is 13.8. The summed E-state index contributed by atoms with van der Waals surface area (Å²) in [6.07, 6.45) is 0.107. The van der Waals surface area contributed by atoms with Gasteiger partial charge in [0.05, 0.1) is 19.2 Å². The first-order valence-electron chi connectivity index (χ1n) is 7.15. The molecule has 0 fully saturated rings.